The Kier molecular flexibility index (Phi) is 4.88. The zero-order valence-corrected chi connectivity index (χ0v) is 10.1. The van der Waals surface area contributed by atoms with E-state index in [1.54, 1.807) is 0 Å². The molecule has 1 saturated carbocycles. The number of rotatable bonds is 6. The predicted octanol–water partition coefficient (Wildman–Crippen LogP) is 3.75. The highest BCUT2D eigenvalue weighted by Gasteiger charge is 2.13. The first kappa shape index (κ1) is 11.7. The van der Waals surface area contributed by atoms with Gasteiger partial charge in [-0.15, -0.1) is 0 Å². The molecule has 0 spiro atoms. The molecular weight excluding hydrogens is 194 g/mol. The molecule has 88 valence electrons. The van der Waals surface area contributed by atoms with Gasteiger partial charge in [-0.1, -0.05) is 56.0 Å². The molecular formula is C15H23N. The second-order valence-corrected chi connectivity index (χ2v) is 4.96. The molecule has 0 amide bonds. The molecule has 1 fully saturated rings. The Bertz CT molecular complexity index is 275. The second kappa shape index (κ2) is 6.70. The van der Waals surface area contributed by atoms with E-state index in [0.717, 1.165) is 12.5 Å². The van der Waals surface area contributed by atoms with E-state index in [9.17, 15) is 0 Å². The van der Waals surface area contributed by atoms with Gasteiger partial charge in [0.25, 0.3) is 0 Å². The first-order valence-electron chi connectivity index (χ1n) is 6.70. The summed E-state index contributed by atoms with van der Waals surface area (Å²) in [6, 6.07) is 10.7. The molecule has 1 aliphatic carbocycles. The van der Waals surface area contributed by atoms with E-state index in [2.05, 4.69) is 35.6 Å². The predicted molar refractivity (Wildman–Crippen MR) is 69.3 cm³/mol. The minimum absolute atomic E-state index is 1.02. The maximum Gasteiger partial charge on any atom is 0.0205 e. The Morgan fingerprint density at radius 1 is 1.06 bits per heavy atom. The van der Waals surface area contributed by atoms with Crippen molar-refractivity contribution >= 4 is 0 Å². The smallest absolute Gasteiger partial charge is 0.0205 e. The van der Waals surface area contributed by atoms with Crippen LogP contribution >= 0.6 is 0 Å². The van der Waals surface area contributed by atoms with Crippen LogP contribution in [0.5, 0.6) is 0 Å². The van der Waals surface area contributed by atoms with Crippen molar-refractivity contribution in [3.63, 3.8) is 0 Å². The molecule has 0 aromatic heterocycles. The van der Waals surface area contributed by atoms with Gasteiger partial charge in [-0.3, -0.25) is 0 Å². The highest BCUT2D eigenvalue weighted by Crippen LogP contribution is 2.28. The second-order valence-electron chi connectivity index (χ2n) is 4.96. The maximum atomic E-state index is 3.53. The van der Waals surface area contributed by atoms with Crippen LogP contribution in [0.4, 0.5) is 0 Å². The molecule has 0 heterocycles. The lowest BCUT2D eigenvalue weighted by molar-refractivity contribution is 0.470. The van der Waals surface area contributed by atoms with Crippen molar-refractivity contribution < 1.29 is 0 Å². The van der Waals surface area contributed by atoms with Crippen molar-refractivity contribution in [2.45, 2.75) is 45.1 Å². The number of nitrogens with one attached hydrogen (secondary N) is 1. The van der Waals surface area contributed by atoms with Crippen LogP contribution in [0.15, 0.2) is 30.3 Å². The Hall–Kier alpha value is -0.820. The van der Waals surface area contributed by atoms with E-state index < -0.39 is 0 Å². The summed E-state index contributed by atoms with van der Waals surface area (Å²) < 4.78 is 0. The standard InChI is InChI=1S/C15H23N/c1-2-9-15(10-3-1)13-16-12-6-11-14-7-4-5-8-14/h1-3,9-10,14,16H,4-8,11-13H2. The van der Waals surface area contributed by atoms with Gasteiger partial charge in [0, 0.05) is 6.54 Å². The Morgan fingerprint density at radius 3 is 2.56 bits per heavy atom. The first-order chi connectivity index (χ1) is 7.95. The summed E-state index contributed by atoms with van der Waals surface area (Å²) in [6.45, 7) is 2.19. The fourth-order valence-electron chi connectivity index (χ4n) is 2.64. The molecule has 2 rings (SSSR count). The summed E-state index contributed by atoms with van der Waals surface area (Å²) in [7, 11) is 0. The van der Waals surface area contributed by atoms with Crippen molar-refractivity contribution in [2.75, 3.05) is 6.54 Å². The van der Waals surface area contributed by atoms with Gasteiger partial charge in [0.1, 0.15) is 0 Å². The van der Waals surface area contributed by atoms with E-state index in [-0.39, 0.29) is 0 Å². The fraction of sp³-hybridized carbons (Fsp3) is 0.600. The average Bonchev–Trinajstić information content (AvgIpc) is 2.83. The van der Waals surface area contributed by atoms with Crippen LogP contribution < -0.4 is 5.32 Å². The van der Waals surface area contributed by atoms with Crippen molar-refractivity contribution in [2.24, 2.45) is 5.92 Å². The lowest BCUT2D eigenvalue weighted by atomic mass is 10.0. The molecule has 1 aromatic carbocycles. The van der Waals surface area contributed by atoms with Gasteiger partial charge < -0.3 is 5.32 Å². The molecule has 16 heavy (non-hydrogen) atoms. The summed E-state index contributed by atoms with van der Waals surface area (Å²) in [4.78, 5) is 0. The zero-order chi connectivity index (χ0) is 11.1. The van der Waals surface area contributed by atoms with E-state index in [1.807, 2.05) is 0 Å². The highest BCUT2D eigenvalue weighted by atomic mass is 14.8. The van der Waals surface area contributed by atoms with Crippen molar-refractivity contribution in [3.8, 4) is 0 Å². The van der Waals surface area contributed by atoms with Gasteiger partial charge in [-0.25, -0.2) is 0 Å². The number of benzene rings is 1. The lowest BCUT2D eigenvalue weighted by Crippen LogP contribution is -2.15. The van der Waals surface area contributed by atoms with Gasteiger partial charge in [-0.05, 0) is 30.9 Å². The van der Waals surface area contributed by atoms with Crippen LogP contribution in [0.3, 0.4) is 0 Å². The quantitative estimate of drug-likeness (QED) is 0.716. The molecule has 0 saturated heterocycles. The number of hydrogen-bond acceptors (Lipinski definition) is 1. The molecule has 0 bridgehead atoms. The average molecular weight is 217 g/mol. The molecule has 1 aromatic rings. The third-order valence-electron chi connectivity index (χ3n) is 3.61. The van der Waals surface area contributed by atoms with E-state index >= 15 is 0 Å². The largest absolute Gasteiger partial charge is 0.313 e. The normalized spacial score (nSPS) is 16.8. The molecule has 0 radical (unpaired) electrons. The summed E-state index contributed by atoms with van der Waals surface area (Å²) >= 11 is 0. The SMILES string of the molecule is c1ccc(CNCCCC2CCCC2)cc1. The van der Waals surface area contributed by atoms with E-state index in [1.165, 1.54) is 50.6 Å². The minimum Gasteiger partial charge on any atom is -0.313 e. The van der Waals surface area contributed by atoms with Crippen LogP contribution in [0.25, 0.3) is 0 Å². The lowest BCUT2D eigenvalue weighted by Gasteiger charge is -2.09. The van der Waals surface area contributed by atoms with Gasteiger partial charge >= 0.3 is 0 Å². The molecule has 1 heteroatoms. The summed E-state index contributed by atoms with van der Waals surface area (Å²) in [5.74, 6) is 1.04. The van der Waals surface area contributed by atoms with Crippen molar-refractivity contribution in [1.82, 2.24) is 5.32 Å². The molecule has 0 atom stereocenters. The van der Waals surface area contributed by atoms with Gasteiger partial charge in [0.15, 0.2) is 0 Å². The summed E-state index contributed by atoms with van der Waals surface area (Å²) in [5, 5.41) is 3.53. The molecule has 0 aliphatic heterocycles. The van der Waals surface area contributed by atoms with E-state index in [4.69, 9.17) is 0 Å². The highest BCUT2D eigenvalue weighted by molar-refractivity contribution is 5.14. The molecule has 0 unspecified atom stereocenters. The van der Waals surface area contributed by atoms with Crippen LogP contribution in [0.2, 0.25) is 0 Å². The van der Waals surface area contributed by atoms with Gasteiger partial charge in [-0.2, -0.15) is 0 Å². The van der Waals surface area contributed by atoms with Crippen LogP contribution in [-0.2, 0) is 6.54 Å². The van der Waals surface area contributed by atoms with Crippen molar-refractivity contribution in [1.29, 1.82) is 0 Å². The molecule has 1 aliphatic rings. The van der Waals surface area contributed by atoms with Gasteiger partial charge in [0.05, 0.1) is 0 Å². The molecule has 1 nitrogen and oxygen atoms in total. The Morgan fingerprint density at radius 2 is 1.81 bits per heavy atom. The minimum atomic E-state index is 1.02. The van der Waals surface area contributed by atoms with Crippen LogP contribution in [-0.4, -0.2) is 6.54 Å². The monoisotopic (exact) mass is 217 g/mol. The molecule has 1 N–H and O–H groups in total. The Labute approximate surface area is 99.3 Å². The van der Waals surface area contributed by atoms with Crippen molar-refractivity contribution in [3.05, 3.63) is 35.9 Å². The van der Waals surface area contributed by atoms with Crippen LogP contribution in [0.1, 0.15) is 44.1 Å². The van der Waals surface area contributed by atoms with Crippen LogP contribution in [0, 0.1) is 5.92 Å². The number of hydrogen-bond donors (Lipinski definition) is 1. The third-order valence-corrected chi connectivity index (χ3v) is 3.61. The topological polar surface area (TPSA) is 12.0 Å². The summed E-state index contributed by atoms with van der Waals surface area (Å²) in [5.41, 5.74) is 1.39. The Balaban J connectivity index is 1.52. The third kappa shape index (κ3) is 3.97. The first-order valence-corrected chi connectivity index (χ1v) is 6.70. The van der Waals surface area contributed by atoms with Gasteiger partial charge in [0.2, 0.25) is 0 Å². The maximum absolute atomic E-state index is 3.53. The zero-order valence-electron chi connectivity index (χ0n) is 10.1. The van der Waals surface area contributed by atoms with E-state index in [0.29, 0.717) is 0 Å². The fourth-order valence-corrected chi connectivity index (χ4v) is 2.64. The summed E-state index contributed by atoms with van der Waals surface area (Å²) in [6.07, 6.45) is 8.70.